The third-order valence-electron chi connectivity index (χ3n) is 2.58. The molecule has 2 rings (SSSR count). The van der Waals surface area contributed by atoms with Gasteiger partial charge in [-0.15, -0.1) is 0 Å². The third kappa shape index (κ3) is 1.50. The molecule has 0 radical (unpaired) electrons. The number of carbonyl (C=O) groups is 1. The van der Waals surface area contributed by atoms with E-state index in [9.17, 15) is 4.79 Å². The molecule has 0 aliphatic heterocycles. The molecule has 1 aromatic heterocycles. The smallest absolute Gasteiger partial charge is 0.128 e. The van der Waals surface area contributed by atoms with Gasteiger partial charge in [-0.1, -0.05) is 6.07 Å². The molecule has 3 nitrogen and oxygen atoms in total. The Morgan fingerprint density at radius 1 is 1.47 bits per heavy atom. The number of methoxy groups -OCH3 is 1. The average molecular weight is 203 g/mol. The van der Waals surface area contributed by atoms with Gasteiger partial charge in [0, 0.05) is 25.1 Å². The minimum atomic E-state index is 0.428. The molecule has 15 heavy (non-hydrogen) atoms. The summed E-state index contributed by atoms with van der Waals surface area (Å²) in [5, 5.41) is 1.04. The number of hydrogen-bond donors (Lipinski definition) is 0. The summed E-state index contributed by atoms with van der Waals surface area (Å²) in [4.78, 5) is 10.6. The molecule has 0 N–H and O–H groups in total. The first kappa shape index (κ1) is 9.77. The highest BCUT2D eigenvalue weighted by atomic mass is 16.5. The van der Waals surface area contributed by atoms with Crippen LogP contribution in [0.3, 0.4) is 0 Å². The lowest BCUT2D eigenvalue weighted by molar-refractivity contribution is -0.107. The Morgan fingerprint density at radius 2 is 2.27 bits per heavy atom. The van der Waals surface area contributed by atoms with E-state index >= 15 is 0 Å². The maximum absolute atomic E-state index is 10.6. The number of hydrogen-bond acceptors (Lipinski definition) is 2. The molecular formula is C12H13NO2. The summed E-state index contributed by atoms with van der Waals surface area (Å²) < 4.78 is 7.31. The van der Waals surface area contributed by atoms with Gasteiger partial charge in [0.05, 0.1) is 12.6 Å². The number of aryl methyl sites for hydroxylation is 1. The number of aldehydes is 1. The number of nitrogens with zero attached hydrogens (tertiary/aromatic N) is 1. The fourth-order valence-electron chi connectivity index (χ4n) is 1.92. The maximum Gasteiger partial charge on any atom is 0.128 e. The average Bonchev–Trinajstić information content (AvgIpc) is 2.57. The molecule has 0 unspecified atom stereocenters. The molecule has 3 heteroatoms. The molecule has 0 saturated heterocycles. The summed E-state index contributed by atoms with van der Waals surface area (Å²) in [6.45, 7) is 0. The summed E-state index contributed by atoms with van der Waals surface area (Å²) in [7, 11) is 3.61. The predicted molar refractivity (Wildman–Crippen MR) is 59.2 cm³/mol. The molecular weight excluding hydrogens is 190 g/mol. The van der Waals surface area contributed by atoms with E-state index in [0.29, 0.717) is 6.42 Å². The zero-order valence-corrected chi connectivity index (χ0v) is 8.86. The Morgan fingerprint density at radius 3 is 2.93 bits per heavy atom. The molecule has 0 aliphatic carbocycles. The van der Waals surface area contributed by atoms with Gasteiger partial charge in [0.25, 0.3) is 0 Å². The van der Waals surface area contributed by atoms with Crippen LogP contribution in [0.25, 0.3) is 10.9 Å². The Hall–Kier alpha value is -1.77. The quantitative estimate of drug-likeness (QED) is 0.714. The van der Waals surface area contributed by atoms with Crippen molar-refractivity contribution in [1.29, 1.82) is 0 Å². The molecule has 2 aromatic rings. The normalized spacial score (nSPS) is 10.5. The fourth-order valence-corrected chi connectivity index (χ4v) is 1.92. The van der Waals surface area contributed by atoms with E-state index in [1.807, 2.05) is 36.0 Å². The maximum atomic E-state index is 10.6. The third-order valence-corrected chi connectivity index (χ3v) is 2.58. The van der Waals surface area contributed by atoms with Crippen molar-refractivity contribution >= 4 is 17.2 Å². The minimum absolute atomic E-state index is 0.428. The van der Waals surface area contributed by atoms with Gasteiger partial charge in [0.15, 0.2) is 0 Å². The summed E-state index contributed by atoms with van der Waals surface area (Å²) in [5.74, 6) is 0.824. The van der Waals surface area contributed by atoms with Crippen molar-refractivity contribution < 1.29 is 9.53 Å². The molecule has 0 atom stereocenters. The Kier molecular flexibility index (Phi) is 2.46. The Labute approximate surface area is 88.3 Å². The highest BCUT2D eigenvalue weighted by Crippen LogP contribution is 2.29. The van der Waals surface area contributed by atoms with Crippen molar-refractivity contribution in [3.05, 3.63) is 30.0 Å². The fraction of sp³-hybridized carbons (Fsp3) is 0.250. The van der Waals surface area contributed by atoms with Crippen LogP contribution >= 0.6 is 0 Å². The number of ether oxygens (including phenoxy) is 1. The van der Waals surface area contributed by atoms with Gasteiger partial charge in [-0.05, 0) is 17.7 Å². The highest BCUT2D eigenvalue weighted by molar-refractivity contribution is 5.91. The van der Waals surface area contributed by atoms with E-state index in [2.05, 4.69) is 0 Å². The van der Waals surface area contributed by atoms with Gasteiger partial charge in [-0.3, -0.25) is 0 Å². The number of fused-ring (bicyclic) bond motifs is 1. The van der Waals surface area contributed by atoms with Crippen molar-refractivity contribution in [1.82, 2.24) is 4.57 Å². The molecule has 1 heterocycles. The Balaban J connectivity index is 2.75. The van der Waals surface area contributed by atoms with Gasteiger partial charge in [-0.25, -0.2) is 0 Å². The van der Waals surface area contributed by atoms with Gasteiger partial charge >= 0.3 is 0 Å². The zero-order valence-electron chi connectivity index (χ0n) is 8.86. The van der Waals surface area contributed by atoms with E-state index < -0.39 is 0 Å². The highest BCUT2D eigenvalue weighted by Gasteiger charge is 2.10. The van der Waals surface area contributed by atoms with E-state index in [-0.39, 0.29) is 0 Å². The van der Waals surface area contributed by atoms with E-state index in [4.69, 9.17) is 4.74 Å². The summed E-state index contributed by atoms with van der Waals surface area (Å²) in [6.07, 6.45) is 3.32. The molecule has 78 valence electrons. The summed E-state index contributed by atoms with van der Waals surface area (Å²) in [6, 6.07) is 5.88. The molecule has 0 spiro atoms. The molecule has 0 fully saturated rings. The van der Waals surface area contributed by atoms with Gasteiger partial charge in [-0.2, -0.15) is 0 Å². The van der Waals surface area contributed by atoms with E-state index in [0.717, 1.165) is 28.5 Å². The molecule has 0 aliphatic rings. The SMILES string of the molecule is COc1cccc2c1c(CC=O)cn2C. The topological polar surface area (TPSA) is 31.2 Å². The Bertz CT molecular complexity index is 500. The predicted octanol–water partition coefficient (Wildman–Crippen LogP) is 1.93. The minimum Gasteiger partial charge on any atom is -0.496 e. The second-order valence-corrected chi connectivity index (χ2v) is 3.49. The number of aromatic nitrogens is 1. The first-order valence-corrected chi connectivity index (χ1v) is 4.82. The van der Waals surface area contributed by atoms with E-state index in [1.165, 1.54) is 0 Å². The summed E-state index contributed by atoms with van der Waals surface area (Å²) >= 11 is 0. The van der Waals surface area contributed by atoms with Crippen molar-refractivity contribution in [2.45, 2.75) is 6.42 Å². The molecule has 1 aromatic carbocycles. The van der Waals surface area contributed by atoms with E-state index in [1.54, 1.807) is 7.11 Å². The van der Waals surface area contributed by atoms with Gasteiger partial charge in [0.2, 0.25) is 0 Å². The van der Waals surface area contributed by atoms with Crippen LogP contribution in [0, 0.1) is 0 Å². The van der Waals surface area contributed by atoms with Gasteiger partial charge < -0.3 is 14.1 Å². The summed E-state index contributed by atoms with van der Waals surface area (Å²) in [5.41, 5.74) is 2.10. The standard InChI is InChI=1S/C12H13NO2/c1-13-8-9(6-7-14)12-10(13)4-3-5-11(12)15-2/h3-5,7-8H,6H2,1-2H3. The van der Waals surface area contributed by atoms with Crippen LogP contribution in [-0.4, -0.2) is 18.0 Å². The van der Waals surface area contributed by atoms with Crippen molar-refractivity contribution in [3.63, 3.8) is 0 Å². The van der Waals surface area contributed by atoms with Crippen LogP contribution in [-0.2, 0) is 18.3 Å². The van der Waals surface area contributed by atoms with Crippen LogP contribution in [0.4, 0.5) is 0 Å². The van der Waals surface area contributed by atoms with Crippen LogP contribution in [0.15, 0.2) is 24.4 Å². The van der Waals surface area contributed by atoms with Crippen LogP contribution in [0.2, 0.25) is 0 Å². The molecule has 0 saturated carbocycles. The van der Waals surface area contributed by atoms with Crippen LogP contribution in [0.1, 0.15) is 5.56 Å². The number of rotatable bonds is 3. The molecule has 0 amide bonds. The van der Waals surface area contributed by atoms with Crippen LogP contribution in [0.5, 0.6) is 5.75 Å². The number of carbonyl (C=O) groups excluding carboxylic acids is 1. The van der Waals surface area contributed by atoms with Gasteiger partial charge in [0.1, 0.15) is 12.0 Å². The monoisotopic (exact) mass is 203 g/mol. The lowest BCUT2D eigenvalue weighted by Crippen LogP contribution is -1.87. The van der Waals surface area contributed by atoms with Crippen LogP contribution < -0.4 is 4.74 Å². The zero-order chi connectivity index (χ0) is 10.8. The first-order valence-electron chi connectivity index (χ1n) is 4.82. The van der Waals surface area contributed by atoms with Crippen molar-refractivity contribution in [3.8, 4) is 5.75 Å². The first-order chi connectivity index (χ1) is 7.27. The second kappa shape index (κ2) is 3.77. The molecule has 0 bridgehead atoms. The largest absolute Gasteiger partial charge is 0.496 e. The lowest BCUT2D eigenvalue weighted by Gasteiger charge is -2.03. The second-order valence-electron chi connectivity index (χ2n) is 3.49. The lowest BCUT2D eigenvalue weighted by atomic mass is 10.1. The van der Waals surface area contributed by atoms with Crippen molar-refractivity contribution in [2.24, 2.45) is 7.05 Å². The number of benzene rings is 1. The van der Waals surface area contributed by atoms with Crippen molar-refractivity contribution in [2.75, 3.05) is 7.11 Å².